The van der Waals surface area contributed by atoms with Crippen molar-refractivity contribution in [2.75, 3.05) is 18.9 Å². The van der Waals surface area contributed by atoms with E-state index in [0.717, 1.165) is 11.1 Å². The maximum Gasteiger partial charge on any atom is 0.415 e. The fourth-order valence-corrected chi connectivity index (χ4v) is 2.07. The van der Waals surface area contributed by atoms with Gasteiger partial charge in [0.25, 0.3) is 0 Å². The topological polar surface area (TPSA) is 47.7 Å². The lowest BCUT2D eigenvalue weighted by Gasteiger charge is -2.32. The van der Waals surface area contributed by atoms with E-state index in [4.69, 9.17) is 10.7 Å². The highest BCUT2D eigenvalue weighted by atomic mass is 19.4. The summed E-state index contributed by atoms with van der Waals surface area (Å²) in [5, 5.41) is 1.38. The Morgan fingerprint density at radius 1 is 1.42 bits per heavy atom. The Labute approximate surface area is 108 Å². The normalized spacial score (nSPS) is 20.3. The fourth-order valence-electron chi connectivity index (χ4n) is 2.07. The quantitative estimate of drug-likeness (QED) is 0.524. The van der Waals surface area contributed by atoms with Crippen LogP contribution in [0.2, 0.25) is 0 Å². The molecule has 0 saturated heterocycles. The van der Waals surface area contributed by atoms with Gasteiger partial charge in [-0.05, 0) is 36.6 Å². The van der Waals surface area contributed by atoms with Gasteiger partial charge in [0.2, 0.25) is 0 Å². The van der Waals surface area contributed by atoms with E-state index in [1.807, 2.05) is 19.1 Å². The minimum Gasteiger partial charge on any atom is -0.399 e. The van der Waals surface area contributed by atoms with Gasteiger partial charge in [0.05, 0.1) is 6.04 Å². The van der Waals surface area contributed by atoms with Gasteiger partial charge in [-0.2, -0.15) is 13.2 Å². The molecule has 0 aromatic heterocycles. The molecule has 0 aliphatic carbocycles. The zero-order valence-corrected chi connectivity index (χ0v) is 10.4. The van der Waals surface area contributed by atoms with E-state index in [0.29, 0.717) is 18.7 Å². The predicted molar refractivity (Wildman–Crippen MR) is 62.8 cm³/mol. The Kier molecular flexibility index (Phi) is 3.98. The average Bonchev–Trinajstić information content (AvgIpc) is 2.31. The largest absolute Gasteiger partial charge is 0.415 e. The van der Waals surface area contributed by atoms with Crippen molar-refractivity contribution in [1.29, 1.82) is 0 Å². The molecule has 19 heavy (non-hydrogen) atoms. The highest BCUT2D eigenvalue weighted by Gasteiger charge is 2.30. The van der Waals surface area contributed by atoms with Crippen LogP contribution in [0.25, 0.3) is 0 Å². The van der Waals surface area contributed by atoms with E-state index in [9.17, 15) is 13.2 Å². The SMILES string of the molecule is CC1c2cc(N)ccc2CCN1OOCC(F)(F)F. The molecule has 0 fully saturated rings. The number of alkyl halides is 3. The van der Waals surface area contributed by atoms with Crippen molar-refractivity contribution < 1.29 is 23.0 Å². The molecular formula is C12H15F3N2O2. The second kappa shape index (κ2) is 5.36. The lowest BCUT2D eigenvalue weighted by Crippen LogP contribution is -2.35. The van der Waals surface area contributed by atoms with Crippen molar-refractivity contribution in [3.63, 3.8) is 0 Å². The summed E-state index contributed by atoms with van der Waals surface area (Å²) in [4.78, 5) is 8.96. The zero-order chi connectivity index (χ0) is 14.0. The number of anilines is 1. The van der Waals surface area contributed by atoms with Gasteiger partial charge in [0.15, 0.2) is 6.61 Å². The summed E-state index contributed by atoms with van der Waals surface area (Å²) in [6.07, 6.45) is -3.73. The summed E-state index contributed by atoms with van der Waals surface area (Å²) in [6.45, 7) is 0.865. The number of nitrogens with zero attached hydrogens (tertiary/aromatic N) is 1. The average molecular weight is 276 g/mol. The summed E-state index contributed by atoms with van der Waals surface area (Å²) < 4.78 is 35.9. The van der Waals surface area contributed by atoms with Crippen LogP contribution in [-0.2, 0) is 16.3 Å². The molecule has 106 valence electrons. The second-order valence-electron chi connectivity index (χ2n) is 4.48. The smallest absolute Gasteiger partial charge is 0.399 e. The van der Waals surface area contributed by atoms with Crippen molar-refractivity contribution in [3.05, 3.63) is 29.3 Å². The number of hydroxylamine groups is 2. The first-order chi connectivity index (χ1) is 8.87. The van der Waals surface area contributed by atoms with Gasteiger partial charge in [-0.3, -0.25) is 0 Å². The van der Waals surface area contributed by atoms with E-state index in [2.05, 4.69) is 4.89 Å². The lowest BCUT2D eigenvalue weighted by atomic mass is 9.94. The summed E-state index contributed by atoms with van der Waals surface area (Å²) >= 11 is 0. The molecular weight excluding hydrogens is 261 g/mol. The first-order valence-corrected chi connectivity index (χ1v) is 5.88. The summed E-state index contributed by atoms with van der Waals surface area (Å²) in [6, 6.07) is 5.33. The summed E-state index contributed by atoms with van der Waals surface area (Å²) in [5.41, 5.74) is 8.39. The number of fused-ring (bicyclic) bond motifs is 1. The molecule has 1 aromatic rings. The minimum absolute atomic E-state index is 0.208. The minimum atomic E-state index is -4.40. The highest BCUT2D eigenvalue weighted by Crippen LogP contribution is 2.31. The van der Waals surface area contributed by atoms with Crippen molar-refractivity contribution in [1.82, 2.24) is 5.06 Å². The molecule has 2 rings (SSSR count). The maximum atomic E-state index is 12.0. The first kappa shape index (κ1) is 14.1. The van der Waals surface area contributed by atoms with Crippen LogP contribution >= 0.6 is 0 Å². The standard InChI is InChI=1S/C12H15F3N2O2/c1-8-11-6-10(16)3-2-9(11)4-5-17(8)19-18-7-12(13,14)15/h2-3,6,8H,4-5,7,16H2,1H3. The van der Waals surface area contributed by atoms with Gasteiger partial charge in [-0.15, -0.1) is 10.1 Å². The van der Waals surface area contributed by atoms with Crippen LogP contribution in [0.15, 0.2) is 18.2 Å². The van der Waals surface area contributed by atoms with Crippen LogP contribution in [0.5, 0.6) is 0 Å². The van der Waals surface area contributed by atoms with Crippen molar-refractivity contribution >= 4 is 5.69 Å². The first-order valence-electron chi connectivity index (χ1n) is 5.88. The summed E-state index contributed by atoms with van der Waals surface area (Å²) in [7, 11) is 0. The third-order valence-electron chi connectivity index (χ3n) is 3.02. The highest BCUT2D eigenvalue weighted by molar-refractivity contribution is 5.46. The van der Waals surface area contributed by atoms with Gasteiger partial charge in [-0.1, -0.05) is 6.07 Å². The third kappa shape index (κ3) is 3.59. The number of halogens is 3. The number of hydrogen-bond donors (Lipinski definition) is 1. The molecule has 1 heterocycles. The molecule has 7 heteroatoms. The van der Waals surface area contributed by atoms with Crippen LogP contribution in [-0.4, -0.2) is 24.4 Å². The summed E-state index contributed by atoms with van der Waals surface area (Å²) in [5.74, 6) is 0. The Morgan fingerprint density at radius 3 is 2.84 bits per heavy atom. The van der Waals surface area contributed by atoms with E-state index in [-0.39, 0.29) is 6.04 Å². The molecule has 0 spiro atoms. The molecule has 1 unspecified atom stereocenters. The van der Waals surface area contributed by atoms with Gasteiger partial charge in [0, 0.05) is 12.2 Å². The number of benzene rings is 1. The predicted octanol–water partition coefficient (Wildman–Crippen LogP) is 2.61. The molecule has 0 radical (unpaired) electrons. The molecule has 1 aromatic carbocycles. The monoisotopic (exact) mass is 276 g/mol. The fraction of sp³-hybridized carbons (Fsp3) is 0.500. The Morgan fingerprint density at radius 2 is 2.16 bits per heavy atom. The van der Waals surface area contributed by atoms with Crippen molar-refractivity contribution in [3.8, 4) is 0 Å². The molecule has 2 N–H and O–H groups in total. The van der Waals surface area contributed by atoms with Gasteiger partial charge in [-0.25, -0.2) is 4.89 Å². The number of hydrogen-bond acceptors (Lipinski definition) is 4. The molecule has 1 aliphatic rings. The maximum absolute atomic E-state index is 12.0. The van der Waals surface area contributed by atoms with Gasteiger partial charge in [0.1, 0.15) is 0 Å². The van der Waals surface area contributed by atoms with E-state index < -0.39 is 12.8 Å². The van der Waals surface area contributed by atoms with Crippen molar-refractivity contribution in [2.24, 2.45) is 0 Å². The van der Waals surface area contributed by atoms with Gasteiger partial charge < -0.3 is 5.73 Å². The van der Waals surface area contributed by atoms with E-state index in [1.54, 1.807) is 6.07 Å². The third-order valence-corrected chi connectivity index (χ3v) is 3.02. The number of nitrogens with two attached hydrogens (primary N) is 1. The lowest BCUT2D eigenvalue weighted by molar-refractivity contribution is -0.456. The number of nitrogen functional groups attached to an aromatic ring is 1. The van der Waals surface area contributed by atoms with Gasteiger partial charge >= 0.3 is 6.18 Å². The Balaban J connectivity index is 1.99. The Bertz CT molecular complexity index is 451. The molecule has 4 nitrogen and oxygen atoms in total. The van der Waals surface area contributed by atoms with E-state index in [1.165, 1.54) is 5.06 Å². The molecule has 1 atom stereocenters. The van der Waals surface area contributed by atoms with E-state index >= 15 is 0 Å². The zero-order valence-electron chi connectivity index (χ0n) is 10.4. The molecule has 1 aliphatic heterocycles. The van der Waals surface area contributed by atoms with Crippen LogP contribution in [0.3, 0.4) is 0 Å². The van der Waals surface area contributed by atoms with Crippen LogP contribution in [0.4, 0.5) is 18.9 Å². The van der Waals surface area contributed by atoms with Crippen LogP contribution in [0, 0.1) is 0 Å². The molecule has 0 bridgehead atoms. The molecule has 0 amide bonds. The van der Waals surface area contributed by atoms with Crippen molar-refractivity contribution in [2.45, 2.75) is 25.6 Å². The molecule has 0 saturated carbocycles. The second-order valence-corrected chi connectivity index (χ2v) is 4.48. The Hall–Kier alpha value is -1.31. The number of rotatable bonds is 3. The van der Waals surface area contributed by atoms with Crippen LogP contribution in [0.1, 0.15) is 24.1 Å². The van der Waals surface area contributed by atoms with Crippen LogP contribution < -0.4 is 5.73 Å².